The molecule has 266 valence electrons. The number of nitrogens with one attached hydrogen (secondary N) is 1. The van der Waals surface area contributed by atoms with Crippen molar-refractivity contribution in [2.75, 3.05) is 13.7 Å². The van der Waals surface area contributed by atoms with Gasteiger partial charge in [-0.1, -0.05) is 0 Å². The predicted molar refractivity (Wildman–Crippen MR) is 184 cm³/mol. The van der Waals surface area contributed by atoms with Crippen LogP contribution in [0.4, 0.5) is 13.2 Å². The zero-order chi connectivity index (χ0) is 35.8. The van der Waals surface area contributed by atoms with Gasteiger partial charge in [0.15, 0.2) is 11.6 Å². The zero-order valence-electron chi connectivity index (χ0n) is 28.6. The summed E-state index contributed by atoms with van der Waals surface area (Å²) in [5.74, 6) is -3.55. The summed E-state index contributed by atoms with van der Waals surface area (Å²) in [4.78, 5) is 42.6. The largest absolute Gasteiger partial charge is 0.494 e. The highest BCUT2D eigenvalue weighted by atomic mass is 19.3. The highest BCUT2D eigenvalue weighted by Gasteiger charge is 2.41. The van der Waals surface area contributed by atoms with Gasteiger partial charge in [0.2, 0.25) is 0 Å². The number of ether oxygens (including phenoxy) is 1. The molecule has 2 amide bonds. The van der Waals surface area contributed by atoms with Gasteiger partial charge in [-0.3, -0.25) is 14.6 Å². The predicted octanol–water partition coefficient (Wildman–Crippen LogP) is 5.55. The lowest BCUT2D eigenvalue weighted by atomic mass is 9.94. The van der Waals surface area contributed by atoms with Crippen LogP contribution in [-0.2, 0) is 20.0 Å². The van der Waals surface area contributed by atoms with Crippen LogP contribution in [-0.4, -0.2) is 72.5 Å². The van der Waals surface area contributed by atoms with E-state index < -0.39 is 36.7 Å². The summed E-state index contributed by atoms with van der Waals surface area (Å²) in [6.45, 7) is 1.51. The standard InChI is InChI=1S/C37H39F3N8O3/c1-19-27-9-7-21-13-29(48(33(21)44-27)18-37(39,40)10-4-5-22-15-42-16-25(38)31(22)35(49)43-19)34-45-28-12-23(14-30(51-3)32(28)46(34)2)36(50)47-17-26(41)20-6-8-24(47)11-20/h7,9,12-16,19-20,24,26H,4-6,8,10-11,17-18,41H2,1-3H3,(H,43,49)/t19-,20-,24+,26+/m1/s1. The number of halogens is 3. The fraction of sp³-hybridized carbons (Fsp3) is 0.432. The van der Waals surface area contributed by atoms with E-state index in [2.05, 4.69) is 10.3 Å². The summed E-state index contributed by atoms with van der Waals surface area (Å²) in [5, 5.41) is 3.42. The van der Waals surface area contributed by atoms with Gasteiger partial charge in [-0.2, -0.15) is 0 Å². The summed E-state index contributed by atoms with van der Waals surface area (Å²) < 4.78 is 55.8. The smallest absolute Gasteiger partial charge is 0.265 e. The Kier molecular flexibility index (Phi) is 8.04. The molecule has 0 unspecified atom stereocenters. The first-order valence-corrected chi connectivity index (χ1v) is 17.3. The number of imidazole rings is 1. The number of rotatable bonds is 3. The maximum atomic E-state index is 16.0. The molecule has 3 aliphatic rings. The quantitative estimate of drug-likeness (QED) is 0.252. The van der Waals surface area contributed by atoms with E-state index in [1.807, 2.05) is 4.90 Å². The molecular formula is C37H39F3N8O3. The molecule has 5 aromatic rings. The molecule has 8 rings (SSSR count). The minimum absolute atomic E-state index is 0.00902. The number of nitrogens with zero attached hydrogens (tertiary/aromatic N) is 6. The van der Waals surface area contributed by atoms with Crippen molar-refractivity contribution in [3.8, 4) is 17.3 Å². The first kappa shape index (κ1) is 33.2. The second kappa shape index (κ2) is 12.4. The van der Waals surface area contributed by atoms with Crippen molar-refractivity contribution in [1.29, 1.82) is 0 Å². The Morgan fingerprint density at radius 2 is 1.96 bits per heavy atom. The van der Waals surface area contributed by atoms with E-state index in [1.165, 1.54) is 17.9 Å². The van der Waals surface area contributed by atoms with E-state index in [-0.39, 0.29) is 42.0 Å². The zero-order valence-corrected chi connectivity index (χ0v) is 28.6. The fourth-order valence-corrected chi connectivity index (χ4v) is 8.26. The number of piperidine rings is 1. The van der Waals surface area contributed by atoms with Crippen LogP contribution in [0.3, 0.4) is 0 Å². The van der Waals surface area contributed by atoms with E-state index >= 15 is 8.78 Å². The van der Waals surface area contributed by atoms with E-state index in [4.69, 9.17) is 20.4 Å². The number of aromatic nitrogens is 5. The van der Waals surface area contributed by atoms with Gasteiger partial charge < -0.3 is 29.8 Å². The molecule has 0 radical (unpaired) electrons. The van der Waals surface area contributed by atoms with E-state index in [0.29, 0.717) is 63.1 Å². The molecule has 11 nitrogen and oxygen atoms in total. The molecule has 4 atom stereocenters. The average Bonchev–Trinajstić information content (AvgIpc) is 3.78. The highest BCUT2D eigenvalue weighted by Crippen LogP contribution is 2.39. The molecule has 51 heavy (non-hydrogen) atoms. The summed E-state index contributed by atoms with van der Waals surface area (Å²) in [6, 6.07) is 8.10. The molecular weight excluding hydrogens is 661 g/mol. The van der Waals surface area contributed by atoms with Gasteiger partial charge in [-0.15, -0.1) is 0 Å². The van der Waals surface area contributed by atoms with Crippen molar-refractivity contribution in [3.05, 3.63) is 70.9 Å². The SMILES string of the molecule is COc1cc(C(=O)N2C[C@H](N)[C@@H]3CC[C@H]2C3)cc2nc(-c3cc4ccc5nc4n3CC(F)(F)CCCc3cncc(F)c3C(=O)N[C@@H]5C)n(C)c12. The van der Waals surface area contributed by atoms with Gasteiger partial charge in [-0.25, -0.2) is 23.1 Å². The molecule has 2 fully saturated rings. The normalized spacial score (nSPS) is 23.4. The molecule has 6 heterocycles. The van der Waals surface area contributed by atoms with Crippen molar-refractivity contribution < 1.29 is 27.5 Å². The Morgan fingerprint density at radius 1 is 1.14 bits per heavy atom. The van der Waals surface area contributed by atoms with Crippen molar-refractivity contribution in [3.63, 3.8) is 0 Å². The lowest BCUT2D eigenvalue weighted by molar-refractivity contribution is -0.0248. The lowest BCUT2D eigenvalue weighted by Gasteiger charge is -2.37. The van der Waals surface area contributed by atoms with Crippen molar-refractivity contribution in [2.45, 2.75) is 76.0 Å². The number of methoxy groups -OCH3 is 1. The maximum Gasteiger partial charge on any atom is 0.265 e. The summed E-state index contributed by atoms with van der Waals surface area (Å²) >= 11 is 0. The third-order valence-electron chi connectivity index (χ3n) is 10.9. The van der Waals surface area contributed by atoms with Gasteiger partial charge >= 0.3 is 0 Å². The molecule has 1 aliphatic carbocycles. The first-order chi connectivity index (χ1) is 24.4. The number of carbonyl (C=O) groups excluding carboxylic acids is 2. The molecule has 1 saturated carbocycles. The molecule has 2 aliphatic heterocycles. The van der Waals surface area contributed by atoms with Gasteiger partial charge in [0.25, 0.3) is 17.7 Å². The number of benzene rings is 1. The van der Waals surface area contributed by atoms with Crippen LogP contribution in [0.5, 0.6) is 5.75 Å². The van der Waals surface area contributed by atoms with Crippen LogP contribution >= 0.6 is 0 Å². The van der Waals surface area contributed by atoms with Crippen LogP contribution in [0.2, 0.25) is 0 Å². The Morgan fingerprint density at radius 3 is 2.76 bits per heavy atom. The minimum Gasteiger partial charge on any atom is -0.494 e. The molecule has 14 heteroatoms. The van der Waals surface area contributed by atoms with Crippen molar-refractivity contribution in [2.24, 2.45) is 18.7 Å². The van der Waals surface area contributed by atoms with Gasteiger partial charge in [-0.05, 0) is 80.8 Å². The number of hydrogen-bond donors (Lipinski definition) is 2. The Bertz CT molecular complexity index is 2210. The van der Waals surface area contributed by atoms with E-state index in [0.717, 1.165) is 25.5 Å². The van der Waals surface area contributed by atoms with Gasteiger partial charge in [0.05, 0.1) is 48.4 Å². The number of fused-ring (bicyclic) bond motifs is 5. The fourth-order valence-electron chi connectivity index (χ4n) is 8.26. The molecule has 3 N–H and O–H groups in total. The Hall–Kier alpha value is -4.98. The molecule has 1 aromatic carbocycles. The number of pyridine rings is 2. The molecule has 1 saturated heterocycles. The molecule has 4 bridgehead atoms. The molecule has 4 aromatic heterocycles. The van der Waals surface area contributed by atoms with Crippen LogP contribution in [0.1, 0.15) is 77.0 Å². The highest BCUT2D eigenvalue weighted by molar-refractivity contribution is 6.00. The third kappa shape index (κ3) is 5.69. The lowest BCUT2D eigenvalue weighted by Crippen LogP contribution is -2.51. The van der Waals surface area contributed by atoms with Gasteiger partial charge in [0, 0.05) is 49.2 Å². The second-order valence-electron chi connectivity index (χ2n) is 14.2. The van der Waals surface area contributed by atoms with Crippen LogP contribution in [0.25, 0.3) is 33.6 Å². The second-order valence-corrected chi connectivity index (χ2v) is 14.2. The van der Waals surface area contributed by atoms with Crippen LogP contribution < -0.4 is 15.8 Å². The summed E-state index contributed by atoms with van der Waals surface area (Å²) in [6.07, 6.45) is 4.66. The average molecular weight is 701 g/mol. The molecule has 0 spiro atoms. The minimum atomic E-state index is -3.20. The van der Waals surface area contributed by atoms with Crippen LogP contribution in [0.15, 0.2) is 42.7 Å². The maximum absolute atomic E-state index is 16.0. The van der Waals surface area contributed by atoms with Crippen molar-refractivity contribution >= 4 is 33.9 Å². The monoisotopic (exact) mass is 700 g/mol. The van der Waals surface area contributed by atoms with Crippen molar-refractivity contribution in [1.82, 2.24) is 34.3 Å². The third-order valence-corrected chi connectivity index (χ3v) is 10.9. The van der Waals surface area contributed by atoms with Crippen LogP contribution in [0, 0.1) is 11.7 Å². The summed E-state index contributed by atoms with van der Waals surface area (Å²) in [7, 11) is 3.30. The topological polar surface area (TPSA) is 133 Å². The van der Waals surface area contributed by atoms with E-state index in [9.17, 15) is 14.0 Å². The Labute approximate surface area is 292 Å². The number of amides is 2. The number of carbonyl (C=O) groups is 2. The number of alkyl halides is 2. The Balaban J connectivity index is 1.23. The number of hydrogen-bond acceptors (Lipinski definition) is 7. The summed E-state index contributed by atoms with van der Waals surface area (Å²) in [5.41, 5.74) is 9.11. The number of nitrogens with two attached hydrogens (primary N) is 1. The number of likely N-dealkylation sites (tertiary alicyclic amines) is 1. The van der Waals surface area contributed by atoms with E-state index in [1.54, 1.807) is 48.9 Å². The first-order valence-electron chi connectivity index (χ1n) is 17.3. The number of aryl methyl sites for hydroxylation is 2. The van der Waals surface area contributed by atoms with Gasteiger partial charge in [0.1, 0.15) is 16.9 Å².